The summed E-state index contributed by atoms with van der Waals surface area (Å²) in [5.74, 6) is -0.779. The van der Waals surface area contributed by atoms with Gasteiger partial charge in [-0.2, -0.15) is 0 Å². The number of hydrogen-bond acceptors (Lipinski definition) is 8. The molecule has 2 unspecified atom stereocenters. The van der Waals surface area contributed by atoms with Crippen LogP contribution in [0.2, 0.25) is 0 Å². The first-order valence-corrected chi connectivity index (χ1v) is 14.0. The summed E-state index contributed by atoms with van der Waals surface area (Å²) in [4.78, 5) is 38.2. The van der Waals surface area contributed by atoms with E-state index in [9.17, 15) is 18.8 Å². The van der Waals surface area contributed by atoms with Crippen LogP contribution >= 0.6 is 0 Å². The van der Waals surface area contributed by atoms with E-state index in [-0.39, 0.29) is 49.9 Å². The maximum absolute atomic E-state index is 14.8. The molecule has 0 aromatic heterocycles. The minimum Gasteiger partial charge on any atom is -0.490 e. The number of methoxy groups -OCH3 is 1. The molecule has 40 heavy (non-hydrogen) atoms. The number of carbonyl (C=O) groups excluding carboxylic acids is 3. The molecule has 4 rings (SSSR count). The molecule has 3 aliphatic rings. The maximum atomic E-state index is 14.8. The molecule has 3 fully saturated rings. The molecule has 0 radical (unpaired) electrons. The van der Waals surface area contributed by atoms with E-state index in [0.717, 1.165) is 31.2 Å². The summed E-state index contributed by atoms with van der Waals surface area (Å²) < 4.78 is 42.6. The molecule has 1 aromatic rings. The number of nitrogens with one attached hydrogen (secondary N) is 1. The van der Waals surface area contributed by atoms with Gasteiger partial charge in [-0.05, 0) is 64.9 Å². The van der Waals surface area contributed by atoms with Gasteiger partial charge in [-0.25, -0.2) is 9.18 Å². The molecular weight excluding hydrogens is 523 g/mol. The van der Waals surface area contributed by atoms with Crippen LogP contribution in [0, 0.1) is 5.82 Å². The van der Waals surface area contributed by atoms with Crippen molar-refractivity contribution < 1.29 is 42.5 Å². The Labute approximate surface area is 234 Å². The maximum Gasteiger partial charge on any atom is 0.409 e. The molecular formula is C29H41FN2O8. The Morgan fingerprint density at radius 1 is 1.20 bits per heavy atom. The van der Waals surface area contributed by atoms with Crippen LogP contribution in [0.1, 0.15) is 70.8 Å². The second-order valence-electron chi connectivity index (χ2n) is 11.8. The lowest BCUT2D eigenvalue weighted by molar-refractivity contribution is -0.155. The topological polar surface area (TPSA) is 113 Å². The number of morpholine rings is 1. The van der Waals surface area contributed by atoms with Crippen molar-refractivity contribution in [2.75, 3.05) is 40.1 Å². The Morgan fingerprint density at radius 3 is 2.62 bits per heavy atom. The predicted octanol–water partition coefficient (Wildman–Crippen LogP) is 3.71. The Balaban J connectivity index is 1.33. The lowest BCUT2D eigenvalue weighted by Crippen LogP contribution is -2.65. The number of carbonyl (C=O) groups is 3. The highest BCUT2D eigenvalue weighted by atomic mass is 19.1. The molecule has 2 saturated heterocycles. The van der Waals surface area contributed by atoms with Gasteiger partial charge in [0.2, 0.25) is 5.91 Å². The molecule has 1 aliphatic carbocycles. The summed E-state index contributed by atoms with van der Waals surface area (Å²) in [6.07, 6.45) is 3.13. The number of amides is 2. The van der Waals surface area contributed by atoms with Crippen LogP contribution in [-0.2, 0) is 28.5 Å². The van der Waals surface area contributed by atoms with Crippen molar-refractivity contribution >= 4 is 18.0 Å². The van der Waals surface area contributed by atoms with E-state index in [0.29, 0.717) is 19.6 Å². The van der Waals surface area contributed by atoms with Crippen LogP contribution in [0.5, 0.6) is 5.75 Å². The van der Waals surface area contributed by atoms with Crippen LogP contribution in [-0.4, -0.2) is 86.2 Å². The predicted molar refractivity (Wildman–Crippen MR) is 143 cm³/mol. The summed E-state index contributed by atoms with van der Waals surface area (Å²) >= 11 is 0. The molecule has 1 saturated carbocycles. The average molecular weight is 565 g/mol. The van der Waals surface area contributed by atoms with E-state index < -0.39 is 35.1 Å². The fourth-order valence-electron chi connectivity index (χ4n) is 5.91. The molecule has 2 amide bonds. The molecule has 2 atom stereocenters. The lowest BCUT2D eigenvalue weighted by Gasteiger charge is -2.41. The van der Waals surface area contributed by atoms with Crippen LogP contribution in [0.3, 0.4) is 0 Å². The average Bonchev–Trinajstić information content (AvgIpc) is 3.23. The summed E-state index contributed by atoms with van der Waals surface area (Å²) in [5, 5.41) is 3.04. The highest BCUT2D eigenvalue weighted by Gasteiger charge is 2.52. The van der Waals surface area contributed by atoms with Crippen LogP contribution in [0.15, 0.2) is 18.2 Å². The van der Waals surface area contributed by atoms with Crippen molar-refractivity contribution in [3.8, 4) is 5.75 Å². The molecule has 1 aromatic carbocycles. The van der Waals surface area contributed by atoms with E-state index in [1.165, 1.54) is 13.2 Å². The van der Waals surface area contributed by atoms with E-state index >= 15 is 0 Å². The molecule has 222 valence electrons. The Kier molecular flexibility index (Phi) is 9.56. The summed E-state index contributed by atoms with van der Waals surface area (Å²) in [6, 6.07) is 4.50. The number of nitrogens with zero attached hydrogens (tertiary/aromatic N) is 1. The van der Waals surface area contributed by atoms with E-state index in [2.05, 4.69) is 5.32 Å². The number of hydrogen-bond donors (Lipinski definition) is 1. The minimum absolute atomic E-state index is 0.00432. The lowest BCUT2D eigenvalue weighted by atomic mass is 9.82. The van der Waals surface area contributed by atoms with Gasteiger partial charge >= 0.3 is 12.1 Å². The summed E-state index contributed by atoms with van der Waals surface area (Å²) in [7, 11) is 1.34. The van der Waals surface area contributed by atoms with Crippen LogP contribution in [0.4, 0.5) is 9.18 Å². The number of halogens is 1. The number of esters is 1. The third kappa shape index (κ3) is 7.23. The number of para-hydroxylation sites is 1. The first-order valence-electron chi connectivity index (χ1n) is 14.0. The Morgan fingerprint density at radius 2 is 1.95 bits per heavy atom. The van der Waals surface area contributed by atoms with Gasteiger partial charge in [-0.1, -0.05) is 12.1 Å². The molecule has 1 N–H and O–H groups in total. The molecule has 2 aliphatic heterocycles. The highest BCUT2D eigenvalue weighted by molar-refractivity contribution is 5.79. The summed E-state index contributed by atoms with van der Waals surface area (Å²) in [6.45, 7) is 6.41. The van der Waals surface area contributed by atoms with E-state index in [4.69, 9.17) is 23.7 Å². The first-order chi connectivity index (χ1) is 19.0. The summed E-state index contributed by atoms with van der Waals surface area (Å²) in [5.41, 5.74) is -0.501. The van der Waals surface area contributed by atoms with Gasteiger partial charge < -0.3 is 33.9 Å². The van der Waals surface area contributed by atoms with Gasteiger partial charge in [-0.3, -0.25) is 9.59 Å². The fraction of sp³-hybridized carbons (Fsp3) is 0.690. The van der Waals surface area contributed by atoms with Crippen LogP contribution < -0.4 is 10.1 Å². The second kappa shape index (κ2) is 12.7. The number of rotatable bonds is 8. The zero-order valence-corrected chi connectivity index (χ0v) is 23.8. The van der Waals surface area contributed by atoms with E-state index in [1.807, 2.05) is 6.07 Å². The highest BCUT2D eigenvalue weighted by Crippen LogP contribution is 2.40. The largest absolute Gasteiger partial charge is 0.490 e. The van der Waals surface area contributed by atoms with Crippen molar-refractivity contribution in [2.45, 2.75) is 88.5 Å². The van der Waals surface area contributed by atoms with Crippen molar-refractivity contribution in [1.29, 1.82) is 0 Å². The number of benzene rings is 1. The van der Waals surface area contributed by atoms with Gasteiger partial charge in [0.05, 0.1) is 51.0 Å². The quantitative estimate of drug-likeness (QED) is 0.476. The molecule has 1 spiro atoms. The van der Waals surface area contributed by atoms with E-state index in [1.54, 1.807) is 31.7 Å². The molecule has 2 heterocycles. The van der Waals surface area contributed by atoms with Crippen molar-refractivity contribution in [3.63, 3.8) is 0 Å². The van der Waals surface area contributed by atoms with Crippen molar-refractivity contribution in [2.24, 2.45) is 0 Å². The standard InChI is InChI=1S/C29H41FN2O8/c1-28(2,3)40-25(34)12-15-38-26-21(6-5-7-22(26)30)19-8-10-20(11-9-19)39-16-23-29(18-37-17-24(33)31-29)13-14-32(23)27(35)36-4/h5-7,19-20,23H,8-18H2,1-4H3,(H,31,33). The van der Waals surface area contributed by atoms with Crippen LogP contribution in [0.25, 0.3) is 0 Å². The smallest absolute Gasteiger partial charge is 0.409 e. The number of ether oxygens (including phenoxy) is 5. The fourth-order valence-corrected chi connectivity index (χ4v) is 5.91. The number of likely N-dealkylation sites (tertiary alicyclic amines) is 1. The SMILES string of the molecule is COC(=O)N1CCC2(COCC(=O)N2)C1COC1CCC(c2cccc(F)c2OCCC(=O)OC(C)(C)C)CC1. The van der Waals surface area contributed by atoms with Gasteiger partial charge in [0.15, 0.2) is 11.6 Å². The monoisotopic (exact) mass is 564 g/mol. The molecule has 0 bridgehead atoms. The van der Waals surface area contributed by atoms with Gasteiger partial charge in [0, 0.05) is 12.1 Å². The zero-order valence-electron chi connectivity index (χ0n) is 23.8. The van der Waals surface area contributed by atoms with Crippen molar-refractivity contribution in [1.82, 2.24) is 10.2 Å². The normalized spacial score (nSPS) is 26.9. The third-order valence-electron chi connectivity index (χ3n) is 7.78. The Bertz CT molecular complexity index is 1070. The zero-order chi connectivity index (χ0) is 28.9. The molecule has 10 nitrogen and oxygen atoms in total. The van der Waals surface area contributed by atoms with Gasteiger partial charge in [-0.15, -0.1) is 0 Å². The molecule has 11 heteroatoms. The Hall–Kier alpha value is -2.92. The van der Waals surface area contributed by atoms with Gasteiger partial charge in [0.1, 0.15) is 12.2 Å². The van der Waals surface area contributed by atoms with Gasteiger partial charge in [0.25, 0.3) is 0 Å². The first kappa shape index (κ1) is 30.0. The third-order valence-corrected chi connectivity index (χ3v) is 7.78. The second-order valence-corrected chi connectivity index (χ2v) is 11.8. The van der Waals surface area contributed by atoms with Crippen molar-refractivity contribution in [3.05, 3.63) is 29.6 Å². The minimum atomic E-state index is -0.701.